The Balaban J connectivity index is 1.59. The van der Waals surface area contributed by atoms with E-state index in [0.717, 1.165) is 5.56 Å². The van der Waals surface area contributed by atoms with Crippen LogP contribution in [-0.4, -0.2) is 81.2 Å². The molecule has 4 rings (SSSR count). The van der Waals surface area contributed by atoms with Crippen molar-refractivity contribution in [3.05, 3.63) is 18.6 Å². The van der Waals surface area contributed by atoms with Gasteiger partial charge < -0.3 is 14.8 Å². The van der Waals surface area contributed by atoms with Gasteiger partial charge in [-0.15, -0.1) is 5.10 Å². The molecule has 3 aromatic rings. The number of anilines is 1. The minimum atomic E-state index is -3.17. The van der Waals surface area contributed by atoms with Gasteiger partial charge in [0, 0.05) is 31.9 Å². The summed E-state index contributed by atoms with van der Waals surface area (Å²) in [5.41, 5.74) is 1.29. The van der Waals surface area contributed by atoms with Crippen molar-refractivity contribution in [1.82, 2.24) is 33.7 Å². The van der Waals surface area contributed by atoms with Gasteiger partial charge in [0.15, 0.2) is 11.6 Å². The molecule has 0 bridgehead atoms. The van der Waals surface area contributed by atoms with E-state index in [9.17, 15) is 8.42 Å². The van der Waals surface area contributed by atoms with Crippen LogP contribution in [0.2, 0.25) is 0 Å². The van der Waals surface area contributed by atoms with Crippen LogP contribution in [0.15, 0.2) is 18.6 Å². The zero-order valence-corrected chi connectivity index (χ0v) is 19.4. The maximum atomic E-state index is 11.7. The van der Waals surface area contributed by atoms with Crippen molar-refractivity contribution in [3.63, 3.8) is 0 Å². The molecule has 1 aliphatic rings. The van der Waals surface area contributed by atoms with E-state index < -0.39 is 10.0 Å². The SMILES string of the molecule is CCOC(C)n1cc(-c2ncc(OC)c3nc(NC4CCN(S(C)(=O)=O)CC4)nn23)cn1. The number of piperidine rings is 1. The normalized spacial score (nSPS) is 17.0. The fraction of sp³-hybridized carbons (Fsp3) is 0.579. The molecule has 0 aromatic carbocycles. The predicted molar refractivity (Wildman–Crippen MR) is 118 cm³/mol. The van der Waals surface area contributed by atoms with Crippen molar-refractivity contribution in [2.45, 2.75) is 39.0 Å². The molecule has 4 heterocycles. The molecule has 174 valence electrons. The number of methoxy groups -OCH3 is 1. The number of ether oxygens (including phenoxy) is 2. The zero-order valence-electron chi connectivity index (χ0n) is 18.6. The second-order valence-electron chi connectivity index (χ2n) is 7.67. The Morgan fingerprint density at radius 2 is 2.03 bits per heavy atom. The van der Waals surface area contributed by atoms with Crippen molar-refractivity contribution < 1.29 is 17.9 Å². The number of sulfonamides is 1. The molecule has 1 aliphatic heterocycles. The first-order chi connectivity index (χ1) is 15.3. The van der Waals surface area contributed by atoms with Crippen molar-refractivity contribution in [3.8, 4) is 17.1 Å². The third kappa shape index (κ3) is 4.54. The van der Waals surface area contributed by atoms with Crippen LogP contribution in [0.25, 0.3) is 17.0 Å². The van der Waals surface area contributed by atoms with Gasteiger partial charge in [-0.2, -0.15) is 14.6 Å². The molecule has 13 heteroatoms. The fourth-order valence-corrected chi connectivity index (χ4v) is 4.61. The van der Waals surface area contributed by atoms with Crippen molar-refractivity contribution in [1.29, 1.82) is 0 Å². The first-order valence-electron chi connectivity index (χ1n) is 10.5. The molecule has 0 spiro atoms. The van der Waals surface area contributed by atoms with E-state index in [1.807, 2.05) is 20.0 Å². The summed E-state index contributed by atoms with van der Waals surface area (Å²) in [5, 5.41) is 12.3. The lowest BCUT2D eigenvalue weighted by Gasteiger charge is -2.30. The van der Waals surface area contributed by atoms with Gasteiger partial charge in [-0.3, -0.25) is 0 Å². The third-order valence-corrected chi connectivity index (χ3v) is 6.75. The monoisotopic (exact) mass is 464 g/mol. The summed E-state index contributed by atoms with van der Waals surface area (Å²) >= 11 is 0. The first kappa shape index (κ1) is 22.4. The summed E-state index contributed by atoms with van der Waals surface area (Å²) in [6.07, 6.45) is 7.55. The number of nitrogens with one attached hydrogen (secondary N) is 1. The maximum Gasteiger partial charge on any atom is 0.243 e. The summed E-state index contributed by atoms with van der Waals surface area (Å²) in [5.74, 6) is 1.50. The van der Waals surface area contributed by atoms with E-state index in [4.69, 9.17) is 9.47 Å². The molecule has 0 saturated carbocycles. The van der Waals surface area contributed by atoms with Crippen molar-refractivity contribution in [2.24, 2.45) is 0 Å². The highest BCUT2D eigenvalue weighted by Gasteiger charge is 2.26. The Kier molecular flexibility index (Phi) is 6.31. The van der Waals surface area contributed by atoms with Crippen LogP contribution >= 0.6 is 0 Å². The molecule has 1 fully saturated rings. The molecule has 1 saturated heterocycles. The average molecular weight is 465 g/mol. The van der Waals surface area contributed by atoms with Crippen molar-refractivity contribution >= 4 is 21.6 Å². The van der Waals surface area contributed by atoms with E-state index in [1.165, 1.54) is 10.6 Å². The van der Waals surface area contributed by atoms with E-state index in [2.05, 4.69) is 25.5 Å². The van der Waals surface area contributed by atoms with Gasteiger partial charge in [0.25, 0.3) is 0 Å². The number of hydrogen-bond donors (Lipinski definition) is 1. The number of nitrogens with zero attached hydrogens (tertiary/aromatic N) is 7. The van der Waals surface area contributed by atoms with Gasteiger partial charge in [-0.25, -0.2) is 22.4 Å². The number of fused-ring (bicyclic) bond motifs is 1. The van der Waals surface area contributed by atoms with Crippen LogP contribution in [0.5, 0.6) is 5.75 Å². The Hall–Kier alpha value is -2.77. The summed E-state index contributed by atoms with van der Waals surface area (Å²) in [6, 6.07) is 0.0719. The summed E-state index contributed by atoms with van der Waals surface area (Å²) in [4.78, 5) is 9.10. The van der Waals surface area contributed by atoms with E-state index in [0.29, 0.717) is 55.7 Å². The molecule has 12 nitrogen and oxygen atoms in total. The highest BCUT2D eigenvalue weighted by atomic mass is 32.2. The quantitative estimate of drug-likeness (QED) is 0.526. The molecule has 0 aliphatic carbocycles. The van der Waals surface area contributed by atoms with Gasteiger partial charge in [0.05, 0.1) is 31.3 Å². The Morgan fingerprint density at radius 3 is 2.69 bits per heavy atom. The van der Waals surface area contributed by atoms with Crippen LogP contribution in [0.3, 0.4) is 0 Å². The Morgan fingerprint density at radius 1 is 1.28 bits per heavy atom. The minimum absolute atomic E-state index is 0.0719. The largest absolute Gasteiger partial charge is 0.491 e. The van der Waals surface area contributed by atoms with Crippen molar-refractivity contribution in [2.75, 3.05) is 38.4 Å². The molecule has 32 heavy (non-hydrogen) atoms. The lowest BCUT2D eigenvalue weighted by atomic mass is 10.1. The molecule has 1 N–H and O–H groups in total. The molecular weight excluding hydrogens is 436 g/mol. The van der Waals surface area contributed by atoms with Crippen LogP contribution in [0.4, 0.5) is 5.95 Å². The topological polar surface area (TPSA) is 129 Å². The van der Waals surface area contributed by atoms with Crippen LogP contribution in [-0.2, 0) is 14.8 Å². The van der Waals surface area contributed by atoms with Gasteiger partial charge in [-0.1, -0.05) is 0 Å². The Bertz CT molecular complexity index is 1180. The average Bonchev–Trinajstić information content (AvgIpc) is 3.40. The van der Waals surface area contributed by atoms with Crippen LogP contribution < -0.4 is 10.1 Å². The molecule has 1 atom stereocenters. The number of rotatable bonds is 8. The minimum Gasteiger partial charge on any atom is -0.491 e. The summed E-state index contributed by atoms with van der Waals surface area (Å²) < 4.78 is 39.3. The highest BCUT2D eigenvalue weighted by molar-refractivity contribution is 7.88. The second kappa shape index (κ2) is 9.00. The lowest BCUT2D eigenvalue weighted by Crippen LogP contribution is -2.41. The van der Waals surface area contributed by atoms with Gasteiger partial charge in [0.2, 0.25) is 21.6 Å². The molecule has 0 amide bonds. The highest BCUT2D eigenvalue weighted by Crippen LogP contribution is 2.26. The number of hydrogen-bond acceptors (Lipinski definition) is 9. The van der Waals surface area contributed by atoms with Crippen LogP contribution in [0, 0.1) is 0 Å². The fourth-order valence-electron chi connectivity index (χ4n) is 3.74. The number of aromatic nitrogens is 6. The van der Waals surface area contributed by atoms with Gasteiger partial charge >= 0.3 is 0 Å². The van der Waals surface area contributed by atoms with Gasteiger partial charge in [0.1, 0.15) is 6.23 Å². The first-order valence-corrected chi connectivity index (χ1v) is 12.3. The third-order valence-electron chi connectivity index (χ3n) is 5.45. The summed E-state index contributed by atoms with van der Waals surface area (Å²) in [6.45, 7) is 5.38. The second-order valence-corrected chi connectivity index (χ2v) is 9.65. The van der Waals surface area contributed by atoms with E-state index in [-0.39, 0.29) is 12.3 Å². The smallest absolute Gasteiger partial charge is 0.243 e. The van der Waals surface area contributed by atoms with Crippen LogP contribution in [0.1, 0.15) is 32.9 Å². The maximum absolute atomic E-state index is 11.7. The summed E-state index contributed by atoms with van der Waals surface area (Å²) in [7, 11) is -1.61. The predicted octanol–water partition coefficient (Wildman–Crippen LogP) is 1.39. The molecule has 0 radical (unpaired) electrons. The van der Waals surface area contributed by atoms with E-state index in [1.54, 1.807) is 28.7 Å². The zero-order chi connectivity index (χ0) is 22.9. The van der Waals surface area contributed by atoms with Gasteiger partial charge in [-0.05, 0) is 26.7 Å². The molecular formula is C19H28N8O4S. The standard InChI is InChI=1S/C19H28N8O4S/c1-5-31-13(2)26-12-14(10-21-26)17-20-11-16(30-3)18-23-19(24-27(17)18)22-15-6-8-25(9-7-15)32(4,28)29/h10-13,15H,5-9H2,1-4H3,(H,22,24). The molecule has 1 unspecified atom stereocenters. The Labute approximate surface area is 186 Å². The molecule has 3 aromatic heterocycles. The lowest BCUT2D eigenvalue weighted by molar-refractivity contribution is 0.0160. The van der Waals surface area contributed by atoms with E-state index >= 15 is 0 Å².